The zero-order valence-electron chi connectivity index (χ0n) is 12.3. The van der Waals surface area contributed by atoms with Gasteiger partial charge in [-0.15, -0.1) is 0 Å². The van der Waals surface area contributed by atoms with Crippen molar-refractivity contribution in [2.45, 2.75) is 37.6 Å². The highest BCUT2D eigenvalue weighted by molar-refractivity contribution is 5.17. The Morgan fingerprint density at radius 1 is 1.30 bits per heavy atom. The van der Waals surface area contributed by atoms with Gasteiger partial charge in [-0.1, -0.05) is 12.1 Å². The number of halogens is 1. The zero-order chi connectivity index (χ0) is 14.1. The highest BCUT2D eigenvalue weighted by atomic mass is 19.1. The van der Waals surface area contributed by atoms with Crippen LogP contribution in [0.1, 0.15) is 18.4 Å². The van der Waals surface area contributed by atoms with Crippen LogP contribution in [-0.2, 0) is 11.3 Å². The second-order valence-corrected chi connectivity index (χ2v) is 6.13. The molecule has 2 aliphatic heterocycles. The van der Waals surface area contributed by atoms with Crippen molar-refractivity contribution in [1.82, 2.24) is 9.80 Å². The molecule has 4 heteroatoms. The van der Waals surface area contributed by atoms with Crippen LogP contribution in [0.3, 0.4) is 0 Å². The summed E-state index contributed by atoms with van der Waals surface area (Å²) in [5, 5.41) is 0. The lowest BCUT2D eigenvalue weighted by molar-refractivity contribution is -0.0343. The highest BCUT2D eigenvalue weighted by Gasteiger charge is 2.44. The van der Waals surface area contributed by atoms with Crippen molar-refractivity contribution in [3.8, 4) is 0 Å². The molecule has 2 saturated heterocycles. The van der Waals surface area contributed by atoms with Crippen molar-refractivity contribution in [2.24, 2.45) is 0 Å². The molecule has 2 fully saturated rings. The molecule has 3 atom stereocenters. The Morgan fingerprint density at radius 2 is 2.05 bits per heavy atom. The lowest BCUT2D eigenvalue weighted by Crippen LogP contribution is -2.45. The minimum atomic E-state index is -0.166. The summed E-state index contributed by atoms with van der Waals surface area (Å²) in [6, 6.07) is 7.82. The third-order valence-electron chi connectivity index (χ3n) is 4.57. The SMILES string of the molecule is CN(C)[C@@H]1CN(Cc2ccc(F)cc2)[C@@H]2CCCO[C@H]12. The van der Waals surface area contributed by atoms with E-state index in [2.05, 4.69) is 23.9 Å². The molecule has 0 aromatic heterocycles. The molecule has 3 rings (SSSR count). The van der Waals surface area contributed by atoms with E-state index in [9.17, 15) is 4.39 Å². The Balaban J connectivity index is 1.74. The van der Waals surface area contributed by atoms with Gasteiger partial charge in [0.2, 0.25) is 0 Å². The van der Waals surface area contributed by atoms with Crippen LogP contribution in [0.5, 0.6) is 0 Å². The number of hydrogen-bond acceptors (Lipinski definition) is 3. The molecule has 0 amide bonds. The van der Waals surface area contributed by atoms with Gasteiger partial charge < -0.3 is 9.64 Å². The monoisotopic (exact) mass is 278 g/mol. The summed E-state index contributed by atoms with van der Waals surface area (Å²) in [6.45, 7) is 2.80. The Labute approximate surface area is 120 Å². The van der Waals surface area contributed by atoms with Gasteiger partial charge in [0, 0.05) is 31.8 Å². The van der Waals surface area contributed by atoms with Crippen LogP contribution in [-0.4, -0.2) is 55.2 Å². The van der Waals surface area contributed by atoms with E-state index in [4.69, 9.17) is 4.74 Å². The van der Waals surface area contributed by atoms with Gasteiger partial charge in [-0.3, -0.25) is 4.90 Å². The largest absolute Gasteiger partial charge is 0.375 e. The Bertz CT molecular complexity index is 448. The van der Waals surface area contributed by atoms with Crippen LogP contribution >= 0.6 is 0 Å². The van der Waals surface area contributed by atoms with E-state index in [1.807, 2.05) is 12.1 Å². The van der Waals surface area contributed by atoms with Gasteiger partial charge in [-0.05, 0) is 44.6 Å². The van der Waals surface area contributed by atoms with Crippen molar-refractivity contribution in [1.29, 1.82) is 0 Å². The molecule has 0 radical (unpaired) electrons. The summed E-state index contributed by atoms with van der Waals surface area (Å²) in [5.74, 6) is -0.166. The molecule has 0 saturated carbocycles. The maximum Gasteiger partial charge on any atom is 0.123 e. The van der Waals surface area contributed by atoms with E-state index < -0.39 is 0 Å². The van der Waals surface area contributed by atoms with Crippen molar-refractivity contribution in [3.05, 3.63) is 35.6 Å². The topological polar surface area (TPSA) is 15.7 Å². The molecule has 2 aliphatic rings. The van der Waals surface area contributed by atoms with Crippen LogP contribution in [0.4, 0.5) is 4.39 Å². The smallest absolute Gasteiger partial charge is 0.123 e. The molecule has 2 heterocycles. The molecule has 0 N–H and O–H groups in total. The van der Waals surface area contributed by atoms with E-state index in [0.29, 0.717) is 18.2 Å². The van der Waals surface area contributed by atoms with Crippen molar-refractivity contribution in [2.75, 3.05) is 27.2 Å². The molecule has 1 aromatic carbocycles. The predicted octanol–water partition coefficient (Wildman–Crippen LogP) is 2.12. The number of likely N-dealkylation sites (N-methyl/N-ethyl adjacent to an activating group) is 1. The first kappa shape index (κ1) is 14.0. The maximum atomic E-state index is 13.0. The second kappa shape index (κ2) is 5.80. The van der Waals surface area contributed by atoms with Crippen LogP contribution in [0, 0.1) is 5.82 Å². The normalized spacial score (nSPS) is 30.7. The fourth-order valence-corrected chi connectivity index (χ4v) is 3.49. The molecule has 0 aliphatic carbocycles. The average Bonchev–Trinajstić information content (AvgIpc) is 2.81. The summed E-state index contributed by atoms with van der Waals surface area (Å²) in [5.41, 5.74) is 1.18. The van der Waals surface area contributed by atoms with Crippen LogP contribution < -0.4 is 0 Å². The van der Waals surface area contributed by atoms with Gasteiger partial charge in [-0.2, -0.15) is 0 Å². The quantitative estimate of drug-likeness (QED) is 0.842. The van der Waals surface area contributed by atoms with E-state index in [-0.39, 0.29) is 5.82 Å². The van der Waals surface area contributed by atoms with Gasteiger partial charge in [-0.25, -0.2) is 4.39 Å². The minimum absolute atomic E-state index is 0.166. The number of likely N-dealkylation sites (tertiary alicyclic amines) is 1. The molecule has 0 spiro atoms. The number of ether oxygens (including phenoxy) is 1. The molecule has 1 aromatic rings. The van der Waals surface area contributed by atoms with Crippen molar-refractivity contribution < 1.29 is 9.13 Å². The maximum absolute atomic E-state index is 13.0. The Hall–Kier alpha value is -0.970. The van der Waals surface area contributed by atoms with Gasteiger partial charge in [0.1, 0.15) is 5.82 Å². The lowest BCUT2D eigenvalue weighted by atomic mass is 10.0. The number of hydrogen-bond donors (Lipinski definition) is 0. The molecule has 0 unspecified atom stereocenters. The summed E-state index contributed by atoms with van der Waals surface area (Å²) >= 11 is 0. The molecule has 110 valence electrons. The minimum Gasteiger partial charge on any atom is -0.375 e. The molecular formula is C16H23FN2O. The Kier molecular flexibility index (Phi) is 4.06. The Morgan fingerprint density at radius 3 is 2.75 bits per heavy atom. The number of fused-ring (bicyclic) bond motifs is 1. The third-order valence-corrected chi connectivity index (χ3v) is 4.57. The molecular weight excluding hydrogens is 255 g/mol. The summed E-state index contributed by atoms with van der Waals surface area (Å²) < 4.78 is 19.0. The van der Waals surface area contributed by atoms with Crippen LogP contribution in [0.15, 0.2) is 24.3 Å². The zero-order valence-corrected chi connectivity index (χ0v) is 12.3. The predicted molar refractivity (Wildman–Crippen MR) is 77.0 cm³/mol. The first-order valence-electron chi connectivity index (χ1n) is 7.41. The lowest BCUT2D eigenvalue weighted by Gasteiger charge is -2.33. The summed E-state index contributed by atoms with van der Waals surface area (Å²) in [6.07, 6.45) is 2.66. The second-order valence-electron chi connectivity index (χ2n) is 6.13. The van der Waals surface area contributed by atoms with Gasteiger partial charge in [0.15, 0.2) is 0 Å². The molecule has 20 heavy (non-hydrogen) atoms. The van der Waals surface area contributed by atoms with Gasteiger partial charge in [0.25, 0.3) is 0 Å². The van der Waals surface area contributed by atoms with E-state index in [0.717, 1.165) is 26.1 Å². The van der Waals surface area contributed by atoms with Crippen LogP contribution in [0.2, 0.25) is 0 Å². The summed E-state index contributed by atoms with van der Waals surface area (Å²) in [7, 11) is 4.25. The number of nitrogens with zero attached hydrogens (tertiary/aromatic N) is 2. The average molecular weight is 278 g/mol. The van der Waals surface area contributed by atoms with Crippen molar-refractivity contribution in [3.63, 3.8) is 0 Å². The van der Waals surface area contributed by atoms with E-state index in [1.54, 1.807) is 12.1 Å². The van der Waals surface area contributed by atoms with Crippen LogP contribution in [0.25, 0.3) is 0 Å². The fraction of sp³-hybridized carbons (Fsp3) is 0.625. The summed E-state index contributed by atoms with van der Waals surface area (Å²) in [4.78, 5) is 4.77. The highest BCUT2D eigenvalue weighted by Crippen LogP contribution is 2.31. The van der Waals surface area contributed by atoms with E-state index >= 15 is 0 Å². The third kappa shape index (κ3) is 2.73. The van der Waals surface area contributed by atoms with E-state index in [1.165, 1.54) is 12.0 Å². The standard InChI is InChI=1S/C16H23FN2O/c1-18(2)15-11-19(14-4-3-9-20-16(14)15)10-12-5-7-13(17)8-6-12/h5-8,14-16H,3-4,9-11H2,1-2H3/t14-,15-,16+/m1/s1. The number of rotatable bonds is 3. The fourth-order valence-electron chi connectivity index (χ4n) is 3.49. The molecule has 3 nitrogen and oxygen atoms in total. The van der Waals surface area contributed by atoms with Gasteiger partial charge >= 0.3 is 0 Å². The number of benzene rings is 1. The van der Waals surface area contributed by atoms with Gasteiger partial charge in [0.05, 0.1) is 6.10 Å². The first-order chi connectivity index (χ1) is 9.65. The molecule has 0 bridgehead atoms. The first-order valence-corrected chi connectivity index (χ1v) is 7.41. The van der Waals surface area contributed by atoms with Crippen molar-refractivity contribution >= 4 is 0 Å².